The Kier molecular flexibility index (Phi) is 43.8. The minimum absolute atomic E-state index is 0.00430. The summed E-state index contributed by atoms with van der Waals surface area (Å²) in [6.45, 7) is 6.17. The molecule has 20 N–H and O–H groups in total. The monoisotopic (exact) mass is 1260 g/mol. The van der Waals surface area contributed by atoms with Gasteiger partial charge in [-0.1, -0.05) is 110 Å². The summed E-state index contributed by atoms with van der Waals surface area (Å²) in [4.78, 5) is 137. The number of benzene rings is 1. The van der Waals surface area contributed by atoms with Crippen LogP contribution in [0.3, 0.4) is 0 Å². The number of carbonyl (C=O) groups is 10. The Balaban J connectivity index is 3.34. The van der Waals surface area contributed by atoms with E-state index in [1.807, 2.05) is 13.8 Å². The molecule has 89 heavy (non-hydrogen) atoms. The first kappa shape index (κ1) is 79.9. The zero-order valence-electron chi connectivity index (χ0n) is 53.8. The molecule has 0 aliphatic carbocycles. The number of amides is 10. The Labute approximate surface area is 527 Å². The minimum atomic E-state index is -1.54. The van der Waals surface area contributed by atoms with Gasteiger partial charge in [0.15, 0.2) is 5.96 Å². The molecule has 0 radical (unpaired) electrons. The number of phenols is 1. The highest BCUT2D eigenvalue weighted by atomic mass is 16.5. The van der Waals surface area contributed by atoms with Gasteiger partial charge in [0.25, 0.3) is 0 Å². The largest absolute Gasteiger partial charge is 0.508 e. The third-order valence-electron chi connectivity index (χ3n) is 14.9. The fourth-order valence-electron chi connectivity index (χ4n) is 9.80. The number of nitrogens with two attached hydrogens (primary N) is 4. The molecule has 0 aromatic heterocycles. The van der Waals surface area contributed by atoms with Gasteiger partial charge in [-0.05, 0) is 114 Å². The Morgan fingerprint density at radius 1 is 0.494 bits per heavy atom. The number of likely N-dealkylation sites (N-methyl/N-ethyl adjacent to an activating group) is 1. The van der Waals surface area contributed by atoms with Crippen molar-refractivity contribution in [3.63, 3.8) is 0 Å². The van der Waals surface area contributed by atoms with Gasteiger partial charge in [0.05, 0.1) is 6.54 Å². The van der Waals surface area contributed by atoms with Crippen molar-refractivity contribution < 1.29 is 57.8 Å². The number of ether oxygens (including phenoxy) is 1. The maximum atomic E-state index is 14.4. The van der Waals surface area contributed by atoms with Gasteiger partial charge in [0.1, 0.15) is 48.0 Å². The number of hydrogen-bond donors (Lipinski definition) is 16. The third-order valence-corrected chi connectivity index (χ3v) is 14.9. The predicted octanol–water partition coefficient (Wildman–Crippen LogP) is 1.54. The van der Waals surface area contributed by atoms with E-state index < -0.39 is 108 Å². The van der Waals surface area contributed by atoms with Crippen LogP contribution < -0.4 is 76.1 Å². The maximum Gasteiger partial charge on any atom is 0.243 e. The lowest BCUT2D eigenvalue weighted by Crippen LogP contribution is -2.60. The summed E-state index contributed by atoms with van der Waals surface area (Å²) < 4.78 is 5.19. The number of nitrogens with one attached hydrogen (secondary N) is 11. The zero-order chi connectivity index (χ0) is 66.4. The van der Waals surface area contributed by atoms with Crippen LogP contribution in [0, 0.1) is 11.3 Å². The van der Waals surface area contributed by atoms with Crippen LogP contribution >= 0.6 is 0 Å². The Morgan fingerprint density at radius 2 is 0.933 bits per heavy atom. The maximum absolute atomic E-state index is 14.4. The molecule has 0 bridgehead atoms. The first-order chi connectivity index (χ1) is 42.6. The highest BCUT2D eigenvalue weighted by Gasteiger charge is 2.34. The van der Waals surface area contributed by atoms with Crippen LogP contribution in [-0.2, 0) is 59.1 Å². The Bertz CT molecular complexity index is 2280. The second-order valence-electron chi connectivity index (χ2n) is 23.2. The van der Waals surface area contributed by atoms with Gasteiger partial charge in [-0.2, -0.15) is 0 Å². The van der Waals surface area contributed by atoms with E-state index in [2.05, 4.69) is 60.1 Å². The lowest BCUT2D eigenvalue weighted by atomic mass is 10.0. The highest BCUT2D eigenvalue weighted by molar-refractivity contribution is 5.98. The first-order valence-electron chi connectivity index (χ1n) is 32.2. The van der Waals surface area contributed by atoms with Crippen molar-refractivity contribution in [3.05, 3.63) is 29.8 Å². The number of carbonyl (C=O) groups excluding carboxylic acids is 10. The molecule has 1 rings (SSSR count). The number of phenolic OH excluding ortho intramolecular Hbond substituents is 1. The van der Waals surface area contributed by atoms with Crippen molar-refractivity contribution >= 4 is 65.0 Å². The van der Waals surface area contributed by atoms with E-state index in [1.54, 1.807) is 0 Å². The summed E-state index contributed by atoms with van der Waals surface area (Å²) in [7, 11) is 2.87. The Morgan fingerprint density at radius 3 is 1.40 bits per heavy atom. The molecular weight excluding hydrogens is 1150 g/mol. The Hall–Kier alpha value is -7.13. The number of hydrogen-bond acceptors (Lipinski definition) is 15. The van der Waals surface area contributed by atoms with Gasteiger partial charge < -0.3 is 85.9 Å². The number of primary amides is 1. The average Bonchev–Trinajstić information content (AvgIpc) is 3.69. The molecule has 1 aromatic rings. The summed E-state index contributed by atoms with van der Waals surface area (Å²) in [6.07, 6.45) is 16.7. The average molecular weight is 1260 g/mol. The number of guanidine groups is 1. The molecule has 0 aliphatic rings. The van der Waals surface area contributed by atoms with E-state index in [0.29, 0.717) is 44.1 Å². The van der Waals surface area contributed by atoms with E-state index in [0.717, 1.165) is 25.7 Å². The highest BCUT2D eigenvalue weighted by Crippen LogP contribution is 2.16. The molecule has 0 spiro atoms. The third kappa shape index (κ3) is 38.1. The minimum Gasteiger partial charge on any atom is -0.508 e. The van der Waals surface area contributed by atoms with Crippen LogP contribution in [0.25, 0.3) is 0 Å². The van der Waals surface area contributed by atoms with Crippen LogP contribution in [0.4, 0.5) is 0 Å². The SMILES string of the molecule is CCCCCCCCCCCCCCCC(=O)N[C@@H](CCOC)C(=O)NCC(=O)N[C@@H](Cc1ccc(O)cc1)C(=O)N[C@@H](CCC(N)=O)C(=O)N[C@@H](CCCCN)C(=O)N[C@@H](CCCCN)C(=O)N[C@@H](CC(C)C)C(=O)N[C@@H](CCCNC(=N)N)C(=O)NC. The van der Waals surface area contributed by atoms with Gasteiger partial charge in [-0.25, -0.2) is 0 Å². The molecule has 0 saturated heterocycles. The van der Waals surface area contributed by atoms with Crippen LogP contribution in [-0.4, -0.2) is 159 Å². The molecular formula is C62H111N15O12. The lowest BCUT2D eigenvalue weighted by Gasteiger charge is -2.28. The molecule has 7 atom stereocenters. The summed E-state index contributed by atoms with van der Waals surface area (Å²) in [5.41, 5.74) is 23.0. The van der Waals surface area contributed by atoms with E-state index in [4.69, 9.17) is 33.1 Å². The molecule has 0 unspecified atom stereocenters. The molecule has 506 valence electrons. The molecule has 0 aliphatic heterocycles. The van der Waals surface area contributed by atoms with Crippen LogP contribution in [0.15, 0.2) is 24.3 Å². The zero-order valence-corrected chi connectivity index (χ0v) is 53.8. The normalized spacial score (nSPS) is 13.4. The summed E-state index contributed by atoms with van der Waals surface area (Å²) in [6, 6.07) is -2.99. The van der Waals surface area contributed by atoms with Gasteiger partial charge in [0, 0.05) is 46.6 Å². The fourth-order valence-corrected chi connectivity index (χ4v) is 9.80. The molecule has 0 saturated carbocycles. The molecule has 10 amide bonds. The van der Waals surface area contributed by atoms with E-state index in [1.165, 1.54) is 89.8 Å². The van der Waals surface area contributed by atoms with Crippen molar-refractivity contribution in [1.82, 2.24) is 53.2 Å². The van der Waals surface area contributed by atoms with Gasteiger partial charge >= 0.3 is 0 Å². The second-order valence-corrected chi connectivity index (χ2v) is 23.2. The number of aromatic hydroxyl groups is 1. The van der Waals surface area contributed by atoms with E-state index in [9.17, 15) is 53.1 Å². The topological polar surface area (TPSA) is 448 Å². The van der Waals surface area contributed by atoms with E-state index >= 15 is 0 Å². The quantitative estimate of drug-likeness (QED) is 0.0250. The van der Waals surface area contributed by atoms with Crippen LogP contribution in [0.1, 0.15) is 193 Å². The van der Waals surface area contributed by atoms with Crippen molar-refractivity contribution in [2.45, 2.75) is 236 Å². The molecule has 0 heterocycles. The van der Waals surface area contributed by atoms with Gasteiger partial charge in [0.2, 0.25) is 59.1 Å². The van der Waals surface area contributed by atoms with Crippen molar-refractivity contribution in [3.8, 4) is 5.75 Å². The molecule has 1 aromatic carbocycles. The summed E-state index contributed by atoms with van der Waals surface area (Å²) >= 11 is 0. The fraction of sp³-hybridized carbons (Fsp3) is 0.726. The van der Waals surface area contributed by atoms with Crippen molar-refractivity contribution in [2.24, 2.45) is 28.9 Å². The van der Waals surface area contributed by atoms with Gasteiger partial charge in [-0.15, -0.1) is 0 Å². The smallest absolute Gasteiger partial charge is 0.243 e. The molecule has 27 nitrogen and oxygen atoms in total. The number of methoxy groups -OCH3 is 1. The first-order valence-corrected chi connectivity index (χ1v) is 32.2. The van der Waals surface area contributed by atoms with Crippen molar-refractivity contribution in [2.75, 3.05) is 46.9 Å². The number of rotatable bonds is 52. The van der Waals surface area contributed by atoms with Crippen LogP contribution in [0.2, 0.25) is 0 Å². The predicted molar refractivity (Wildman–Crippen MR) is 342 cm³/mol. The summed E-state index contributed by atoms with van der Waals surface area (Å²) in [5.74, 6) is -7.57. The van der Waals surface area contributed by atoms with Crippen molar-refractivity contribution in [1.29, 1.82) is 5.41 Å². The number of unbranched alkanes of at least 4 members (excludes halogenated alkanes) is 14. The summed E-state index contributed by atoms with van der Waals surface area (Å²) in [5, 5.41) is 43.9. The molecule has 0 fully saturated rings. The standard InChI is InChI=1S/C62H111N15O12/c1-6-7-8-9-10-11-12-13-14-15-16-17-18-27-53(80)71-49(34-38-89-5)56(83)70-41-54(81)72-51(40-43-28-30-44(78)31-29-43)61(88)76-48(32-33-52(65)79)59(86)75-46(24-19-21-35-63)57(84)74-47(25-20-22-36-64)58(85)77-50(39-42(2)3)60(87)73-45(55(82)68-4)26-23-37-69-62(66)67/h28-31,42,45-51,78H,6-27,32-41,63-64H2,1-5H3,(H2,65,79)(H,68,82)(H,70,83)(H,71,80)(H,72,81)(H,73,87)(H,74,84)(H,75,86)(H,76,88)(H,77,85)(H4,66,67,69)/t45-,46-,47-,48-,49-,50-,51-/m0/s1. The van der Waals surface area contributed by atoms with E-state index in [-0.39, 0.29) is 101 Å². The van der Waals surface area contributed by atoms with Crippen LogP contribution in [0.5, 0.6) is 5.75 Å². The lowest BCUT2D eigenvalue weighted by molar-refractivity contribution is -0.136. The molecule has 27 heteroatoms. The second kappa shape index (κ2) is 48.8. The van der Waals surface area contributed by atoms with Gasteiger partial charge in [-0.3, -0.25) is 53.4 Å².